The SMILES string of the molecule is CCCCCCCCCCCCN(CCCCCCCC)C(=O)CCCCCCCN(CCCCCCCC(=O)N(CCCCCCCCCC)CCCCCCCCCC)C1CCC(O)CC1. The summed E-state index contributed by atoms with van der Waals surface area (Å²) in [4.78, 5) is 34.2. The van der Waals surface area contributed by atoms with Crippen LogP contribution in [-0.2, 0) is 9.59 Å². The van der Waals surface area contributed by atoms with Crippen LogP contribution < -0.4 is 0 Å². The monoisotopic (exact) mass is 958 g/mol. The zero-order chi connectivity index (χ0) is 49.2. The topological polar surface area (TPSA) is 64.1 Å². The first kappa shape index (κ1) is 64.9. The van der Waals surface area contributed by atoms with E-state index in [-0.39, 0.29) is 6.10 Å². The normalized spacial score (nSPS) is 15.1. The minimum absolute atomic E-state index is 0.105. The van der Waals surface area contributed by atoms with Crippen molar-refractivity contribution in [2.75, 3.05) is 39.3 Å². The van der Waals surface area contributed by atoms with Crippen LogP contribution in [0.1, 0.15) is 336 Å². The minimum Gasteiger partial charge on any atom is -0.393 e. The van der Waals surface area contributed by atoms with Crippen LogP contribution in [0.15, 0.2) is 0 Å². The summed E-state index contributed by atoms with van der Waals surface area (Å²) < 4.78 is 0. The van der Waals surface area contributed by atoms with Gasteiger partial charge in [-0.2, -0.15) is 0 Å². The van der Waals surface area contributed by atoms with Crippen molar-refractivity contribution in [1.82, 2.24) is 14.7 Å². The van der Waals surface area contributed by atoms with E-state index in [4.69, 9.17) is 0 Å². The van der Waals surface area contributed by atoms with Gasteiger partial charge in [-0.15, -0.1) is 0 Å². The van der Waals surface area contributed by atoms with Gasteiger partial charge in [-0.05, 0) is 90.1 Å². The number of rotatable bonds is 53. The van der Waals surface area contributed by atoms with E-state index in [2.05, 4.69) is 42.4 Å². The van der Waals surface area contributed by atoms with Gasteiger partial charge in [-0.3, -0.25) is 9.59 Å². The molecule has 1 saturated carbocycles. The maximum atomic E-state index is 13.5. The van der Waals surface area contributed by atoms with Crippen LogP contribution in [0, 0.1) is 0 Å². The molecule has 0 bridgehead atoms. The number of aliphatic hydroxyl groups excluding tert-OH is 1. The fourth-order valence-electron chi connectivity index (χ4n) is 10.9. The number of hydrogen-bond acceptors (Lipinski definition) is 4. The maximum absolute atomic E-state index is 13.5. The molecular weight excluding hydrogens is 835 g/mol. The van der Waals surface area contributed by atoms with Gasteiger partial charge in [0.1, 0.15) is 0 Å². The molecule has 0 heterocycles. The quantitative estimate of drug-likeness (QED) is 0.0617. The Morgan fingerprint density at radius 3 is 0.794 bits per heavy atom. The zero-order valence-corrected chi connectivity index (χ0v) is 46.9. The van der Waals surface area contributed by atoms with Crippen molar-refractivity contribution in [3.63, 3.8) is 0 Å². The van der Waals surface area contributed by atoms with E-state index in [1.807, 2.05) is 0 Å². The van der Waals surface area contributed by atoms with Gasteiger partial charge in [0.05, 0.1) is 6.10 Å². The number of nitrogens with zero attached hydrogens (tertiary/aromatic N) is 3. The number of carbonyl (C=O) groups is 2. The third kappa shape index (κ3) is 40.5. The van der Waals surface area contributed by atoms with Gasteiger partial charge in [0.15, 0.2) is 0 Å². The van der Waals surface area contributed by atoms with Crippen molar-refractivity contribution in [2.24, 2.45) is 0 Å². The van der Waals surface area contributed by atoms with E-state index in [1.165, 1.54) is 270 Å². The molecule has 0 spiro atoms. The lowest BCUT2D eigenvalue weighted by Gasteiger charge is -2.36. The molecular formula is C62H123N3O3. The summed E-state index contributed by atoms with van der Waals surface area (Å²) in [5.74, 6) is 0.829. The Morgan fingerprint density at radius 1 is 0.309 bits per heavy atom. The molecule has 1 fully saturated rings. The van der Waals surface area contributed by atoms with Gasteiger partial charge in [-0.25, -0.2) is 0 Å². The molecule has 0 aromatic carbocycles. The molecule has 68 heavy (non-hydrogen) atoms. The molecule has 6 heteroatoms. The Labute approximate surface area is 426 Å². The summed E-state index contributed by atoms with van der Waals surface area (Å²) in [6, 6.07) is 0.620. The smallest absolute Gasteiger partial charge is 0.222 e. The molecule has 0 radical (unpaired) electrons. The van der Waals surface area contributed by atoms with Crippen LogP contribution >= 0.6 is 0 Å². The summed E-state index contributed by atoms with van der Waals surface area (Å²) in [5.41, 5.74) is 0. The van der Waals surface area contributed by atoms with Crippen molar-refractivity contribution >= 4 is 11.8 Å². The second-order valence-corrected chi connectivity index (χ2v) is 22.2. The highest BCUT2D eigenvalue weighted by Gasteiger charge is 2.24. The first-order valence-corrected chi connectivity index (χ1v) is 31.4. The van der Waals surface area contributed by atoms with Crippen LogP contribution in [0.4, 0.5) is 0 Å². The lowest BCUT2D eigenvalue weighted by Crippen LogP contribution is -2.40. The third-order valence-electron chi connectivity index (χ3n) is 15.7. The van der Waals surface area contributed by atoms with E-state index >= 15 is 0 Å². The molecule has 0 aromatic rings. The third-order valence-corrected chi connectivity index (χ3v) is 15.7. The van der Waals surface area contributed by atoms with Gasteiger partial charge in [-0.1, -0.05) is 246 Å². The highest BCUT2D eigenvalue weighted by molar-refractivity contribution is 5.76. The maximum Gasteiger partial charge on any atom is 0.222 e. The molecule has 2 amide bonds. The van der Waals surface area contributed by atoms with Crippen LogP contribution in [0.25, 0.3) is 0 Å². The van der Waals surface area contributed by atoms with E-state index in [9.17, 15) is 14.7 Å². The first-order valence-electron chi connectivity index (χ1n) is 31.4. The number of hydrogen-bond donors (Lipinski definition) is 1. The zero-order valence-electron chi connectivity index (χ0n) is 46.9. The summed E-state index contributed by atoms with van der Waals surface area (Å²) in [6.07, 6.45) is 59.7. The number of aliphatic hydroxyl groups is 1. The lowest BCUT2D eigenvalue weighted by atomic mass is 9.91. The summed E-state index contributed by atoms with van der Waals surface area (Å²) >= 11 is 0. The summed E-state index contributed by atoms with van der Waals surface area (Å²) in [5, 5.41) is 10.3. The van der Waals surface area contributed by atoms with E-state index < -0.39 is 0 Å². The van der Waals surface area contributed by atoms with Gasteiger partial charge in [0.25, 0.3) is 0 Å². The first-order chi connectivity index (χ1) is 33.5. The van der Waals surface area contributed by atoms with Crippen molar-refractivity contribution in [1.29, 1.82) is 0 Å². The molecule has 1 aliphatic carbocycles. The fourth-order valence-corrected chi connectivity index (χ4v) is 10.9. The molecule has 404 valence electrons. The van der Waals surface area contributed by atoms with Gasteiger partial charge < -0.3 is 19.8 Å². The number of carbonyl (C=O) groups excluding carboxylic acids is 2. The van der Waals surface area contributed by atoms with Gasteiger partial charge >= 0.3 is 0 Å². The fraction of sp³-hybridized carbons (Fsp3) is 0.968. The number of unbranched alkanes of at least 4 members (excludes halogenated alkanes) is 36. The molecule has 1 aliphatic rings. The average Bonchev–Trinajstić information content (AvgIpc) is 3.34. The van der Waals surface area contributed by atoms with E-state index in [0.717, 1.165) is 77.5 Å². The standard InChI is InChI=1S/C62H123N3O3/c1-5-9-13-17-21-24-25-28-36-46-58-64(55-43-33-20-16-12-8-4)61(67)47-39-31-29-37-41-53-63(59-49-51-60(66)52-50-59)54-42-38-30-32-40-48-62(68)65(56-44-34-26-22-18-14-10-6-2)57-45-35-27-23-19-15-11-7-3/h59-60,66H,5-58H2,1-4H3. The highest BCUT2D eigenvalue weighted by atomic mass is 16.3. The largest absolute Gasteiger partial charge is 0.393 e. The Bertz CT molecular complexity index is 1030. The molecule has 0 aliphatic heterocycles. The molecule has 1 rings (SSSR count). The predicted molar refractivity (Wildman–Crippen MR) is 299 cm³/mol. The average molecular weight is 959 g/mol. The lowest BCUT2D eigenvalue weighted by molar-refractivity contribution is -0.132. The van der Waals surface area contributed by atoms with Crippen molar-refractivity contribution in [3.8, 4) is 0 Å². The molecule has 0 unspecified atom stereocenters. The summed E-state index contributed by atoms with van der Waals surface area (Å²) in [6.45, 7) is 15.4. The summed E-state index contributed by atoms with van der Waals surface area (Å²) in [7, 11) is 0. The Morgan fingerprint density at radius 2 is 0.529 bits per heavy atom. The molecule has 0 aromatic heterocycles. The van der Waals surface area contributed by atoms with Crippen molar-refractivity contribution in [3.05, 3.63) is 0 Å². The van der Waals surface area contributed by atoms with Crippen molar-refractivity contribution in [2.45, 2.75) is 348 Å². The predicted octanol–water partition coefficient (Wildman–Crippen LogP) is 18.5. The van der Waals surface area contributed by atoms with Crippen LogP contribution in [0.3, 0.4) is 0 Å². The Hall–Kier alpha value is -1.14. The second-order valence-electron chi connectivity index (χ2n) is 22.2. The molecule has 1 N–H and O–H groups in total. The van der Waals surface area contributed by atoms with Gasteiger partial charge in [0.2, 0.25) is 11.8 Å². The Kier molecular flexibility index (Phi) is 48.5. The van der Waals surface area contributed by atoms with Gasteiger partial charge in [0, 0.05) is 45.1 Å². The second kappa shape index (κ2) is 50.8. The number of amides is 2. The van der Waals surface area contributed by atoms with E-state index in [0.29, 0.717) is 17.9 Å². The van der Waals surface area contributed by atoms with Crippen molar-refractivity contribution < 1.29 is 14.7 Å². The van der Waals surface area contributed by atoms with E-state index in [1.54, 1.807) is 0 Å². The molecule has 0 atom stereocenters. The molecule has 0 saturated heterocycles. The van der Waals surface area contributed by atoms with Crippen LogP contribution in [-0.4, -0.2) is 83.0 Å². The van der Waals surface area contributed by atoms with Crippen LogP contribution in [0.5, 0.6) is 0 Å². The minimum atomic E-state index is -0.105. The highest BCUT2D eigenvalue weighted by Crippen LogP contribution is 2.25. The van der Waals surface area contributed by atoms with Crippen LogP contribution in [0.2, 0.25) is 0 Å². The Balaban J connectivity index is 2.43. The molecule has 6 nitrogen and oxygen atoms in total.